The van der Waals surface area contributed by atoms with Gasteiger partial charge in [0.2, 0.25) is 5.95 Å². The van der Waals surface area contributed by atoms with E-state index in [0.717, 1.165) is 21.8 Å². The van der Waals surface area contributed by atoms with Crippen molar-refractivity contribution in [1.82, 2.24) is 14.8 Å². The van der Waals surface area contributed by atoms with Crippen molar-refractivity contribution in [1.29, 1.82) is 0 Å². The van der Waals surface area contributed by atoms with Gasteiger partial charge in [-0.25, -0.2) is 0 Å². The number of nitrogens with zero attached hydrogens (tertiary/aromatic N) is 3. The van der Waals surface area contributed by atoms with Gasteiger partial charge >= 0.3 is 0 Å². The summed E-state index contributed by atoms with van der Waals surface area (Å²) in [5.41, 5.74) is 2.24. The van der Waals surface area contributed by atoms with Crippen molar-refractivity contribution >= 4 is 21.9 Å². The largest absolute Gasteiger partial charge is 0.357 e. The van der Waals surface area contributed by atoms with Crippen LogP contribution in [0, 0.1) is 6.92 Å². The molecule has 16 heavy (non-hydrogen) atoms. The van der Waals surface area contributed by atoms with Gasteiger partial charge < -0.3 is 5.32 Å². The van der Waals surface area contributed by atoms with Crippen molar-refractivity contribution in [2.75, 3.05) is 12.4 Å². The van der Waals surface area contributed by atoms with Gasteiger partial charge in [-0.3, -0.25) is 4.57 Å². The van der Waals surface area contributed by atoms with Gasteiger partial charge in [-0.1, -0.05) is 18.2 Å². The van der Waals surface area contributed by atoms with Crippen molar-refractivity contribution in [3.8, 4) is 11.4 Å². The quantitative estimate of drug-likeness (QED) is 0.920. The third kappa shape index (κ3) is 1.71. The van der Waals surface area contributed by atoms with E-state index < -0.39 is 0 Å². The molecule has 0 saturated carbocycles. The molecule has 0 bridgehead atoms. The summed E-state index contributed by atoms with van der Waals surface area (Å²) in [4.78, 5) is 0. The molecule has 0 saturated heterocycles. The summed E-state index contributed by atoms with van der Waals surface area (Å²) < 4.78 is 2.99. The first kappa shape index (κ1) is 11.1. The van der Waals surface area contributed by atoms with Crippen molar-refractivity contribution < 1.29 is 0 Å². The predicted octanol–water partition coefficient (Wildman–Crippen LogP) is 2.59. The molecule has 1 heterocycles. The minimum atomic E-state index is 0.753. The highest BCUT2D eigenvalue weighted by Gasteiger charge is 2.12. The number of benzene rings is 1. The molecule has 2 rings (SSSR count). The molecule has 0 unspecified atom stereocenters. The fourth-order valence-electron chi connectivity index (χ4n) is 1.60. The molecule has 0 radical (unpaired) electrons. The van der Waals surface area contributed by atoms with Gasteiger partial charge in [-0.2, -0.15) is 0 Å². The predicted molar refractivity (Wildman–Crippen MR) is 68.4 cm³/mol. The van der Waals surface area contributed by atoms with Crippen LogP contribution in [0.1, 0.15) is 5.56 Å². The zero-order valence-electron chi connectivity index (χ0n) is 9.45. The number of hydrogen-bond donors (Lipinski definition) is 1. The fourth-order valence-corrected chi connectivity index (χ4v) is 2.04. The summed E-state index contributed by atoms with van der Waals surface area (Å²) in [6.45, 7) is 2.06. The number of anilines is 1. The van der Waals surface area contributed by atoms with E-state index in [4.69, 9.17) is 0 Å². The Bertz CT molecular complexity index is 519. The van der Waals surface area contributed by atoms with Crippen LogP contribution in [0.15, 0.2) is 22.7 Å². The normalized spacial score (nSPS) is 10.5. The Balaban J connectivity index is 2.59. The van der Waals surface area contributed by atoms with Crippen LogP contribution in [0.5, 0.6) is 0 Å². The number of hydrogen-bond acceptors (Lipinski definition) is 3. The number of aromatic nitrogens is 3. The van der Waals surface area contributed by atoms with Crippen LogP contribution in [0.2, 0.25) is 0 Å². The Hall–Kier alpha value is -1.36. The van der Waals surface area contributed by atoms with E-state index in [1.54, 1.807) is 0 Å². The summed E-state index contributed by atoms with van der Waals surface area (Å²) in [5.74, 6) is 1.60. The first-order valence-corrected chi connectivity index (χ1v) is 5.77. The monoisotopic (exact) mass is 280 g/mol. The Labute approximate surface area is 103 Å². The zero-order chi connectivity index (χ0) is 11.7. The van der Waals surface area contributed by atoms with Crippen LogP contribution in [-0.4, -0.2) is 21.8 Å². The average Bonchev–Trinajstić information content (AvgIpc) is 2.64. The topological polar surface area (TPSA) is 42.7 Å². The van der Waals surface area contributed by atoms with E-state index in [2.05, 4.69) is 44.4 Å². The molecule has 0 amide bonds. The van der Waals surface area contributed by atoms with Gasteiger partial charge in [-0.05, 0) is 28.4 Å². The average molecular weight is 281 g/mol. The maximum absolute atomic E-state index is 4.18. The first-order chi connectivity index (χ1) is 7.65. The number of halogens is 1. The van der Waals surface area contributed by atoms with Crippen LogP contribution >= 0.6 is 15.9 Å². The highest BCUT2D eigenvalue weighted by atomic mass is 79.9. The molecule has 0 spiro atoms. The third-order valence-corrected chi connectivity index (χ3v) is 3.58. The molecular weight excluding hydrogens is 268 g/mol. The lowest BCUT2D eigenvalue weighted by Crippen LogP contribution is -2.00. The second-order valence-electron chi connectivity index (χ2n) is 3.59. The minimum absolute atomic E-state index is 0.753. The van der Waals surface area contributed by atoms with E-state index in [1.165, 1.54) is 5.56 Å². The molecule has 0 aliphatic rings. The Morgan fingerprint density at radius 2 is 2.06 bits per heavy atom. The van der Waals surface area contributed by atoms with Gasteiger partial charge in [0.15, 0.2) is 5.82 Å². The van der Waals surface area contributed by atoms with Gasteiger partial charge in [0, 0.05) is 24.1 Å². The van der Waals surface area contributed by atoms with Crippen LogP contribution in [0.3, 0.4) is 0 Å². The summed E-state index contributed by atoms with van der Waals surface area (Å²) in [6, 6.07) is 6.10. The van der Waals surface area contributed by atoms with E-state index >= 15 is 0 Å². The summed E-state index contributed by atoms with van der Waals surface area (Å²) in [6.07, 6.45) is 0. The molecule has 0 aliphatic heterocycles. The van der Waals surface area contributed by atoms with E-state index in [-0.39, 0.29) is 0 Å². The molecule has 2 aromatic rings. The van der Waals surface area contributed by atoms with Crippen LogP contribution in [0.4, 0.5) is 5.95 Å². The van der Waals surface area contributed by atoms with Crippen molar-refractivity contribution in [2.45, 2.75) is 6.92 Å². The summed E-state index contributed by atoms with van der Waals surface area (Å²) >= 11 is 3.58. The zero-order valence-corrected chi connectivity index (χ0v) is 11.0. The molecule has 1 N–H and O–H groups in total. The molecule has 0 aliphatic carbocycles. The molecule has 0 fully saturated rings. The Kier molecular flexibility index (Phi) is 2.96. The molecule has 4 nitrogen and oxygen atoms in total. The minimum Gasteiger partial charge on any atom is -0.357 e. The number of nitrogens with one attached hydrogen (secondary N) is 1. The third-order valence-electron chi connectivity index (χ3n) is 2.53. The first-order valence-electron chi connectivity index (χ1n) is 4.97. The molecule has 84 valence electrons. The van der Waals surface area contributed by atoms with Crippen molar-refractivity contribution in [3.05, 3.63) is 28.2 Å². The van der Waals surface area contributed by atoms with Gasteiger partial charge in [0.25, 0.3) is 0 Å². The molecule has 0 atom stereocenters. The van der Waals surface area contributed by atoms with Gasteiger partial charge in [0.05, 0.1) is 0 Å². The number of rotatable bonds is 2. The lowest BCUT2D eigenvalue weighted by Gasteiger charge is -2.07. The van der Waals surface area contributed by atoms with Crippen molar-refractivity contribution in [3.63, 3.8) is 0 Å². The second-order valence-corrected chi connectivity index (χ2v) is 4.39. The van der Waals surface area contributed by atoms with E-state index in [0.29, 0.717) is 0 Å². The Morgan fingerprint density at radius 1 is 1.31 bits per heavy atom. The number of aryl methyl sites for hydroxylation is 1. The highest BCUT2D eigenvalue weighted by Crippen LogP contribution is 2.29. The molecular formula is C11H13BrN4. The lowest BCUT2D eigenvalue weighted by atomic mass is 10.1. The second kappa shape index (κ2) is 4.25. The Morgan fingerprint density at radius 3 is 2.69 bits per heavy atom. The maximum Gasteiger partial charge on any atom is 0.224 e. The maximum atomic E-state index is 4.18. The highest BCUT2D eigenvalue weighted by molar-refractivity contribution is 9.10. The fraction of sp³-hybridized carbons (Fsp3) is 0.273. The van der Waals surface area contributed by atoms with Crippen molar-refractivity contribution in [2.24, 2.45) is 7.05 Å². The van der Waals surface area contributed by atoms with Gasteiger partial charge in [0.1, 0.15) is 0 Å². The molecule has 5 heteroatoms. The van der Waals surface area contributed by atoms with Crippen LogP contribution in [0.25, 0.3) is 11.4 Å². The van der Waals surface area contributed by atoms with Crippen LogP contribution in [-0.2, 0) is 7.05 Å². The van der Waals surface area contributed by atoms with Gasteiger partial charge in [-0.15, -0.1) is 10.2 Å². The molecule has 1 aromatic heterocycles. The SMILES string of the molecule is CNc1nnc(-c2cccc(C)c2Br)n1C. The summed E-state index contributed by atoms with van der Waals surface area (Å²) in [7, 11) is 3.77. The lowest BCUT2D eigenvalue weighted by molar-refractivity contribution is 0.924. The van der Waals surface area contributed by atoms with Crippen LogP contribution < -0.4 is 5.32 Å². The van der Waals surface area contributed by atoms with E-state index in [1.807, 2.05) is 30.8 Å². The molecule has 1 aromatic carbocycles. The smallest absolute Gasteiger partial charge is 0.224 e. The van der Waals surface area contributed by atoms with E-state index in [9.17, 15) is 0 Å². The summed E-state index contributed by atoms with van der Waals surface area (Å²) in [5, 5.41) is 11.2. The standard InChI is InChI=1S/C11H13BrN4/c1-7-5-4-6-8(9(7)12)10-14-15-11(13-2)16(10)3/h4-6H,1-3H3,(H,13,15).